The van der Waals surface area contributed by atoms with Gasteiger partial charge in [0, 0.05) is 42.0 Å². The Morgan fingerprint density at radius 1 is 1.09 bits per heavy atom. The zero-order chi connectivity index (χ0) is 22.8. The maximum atomic E-state index is 10.9. The van der Waals surface area contributed by atoms with Crippen molar-refractivity contribution in [3.05, 3.63) is 68.4 Å². The molecule has 164 valence electrons. The number of aromatic nitrogens is 4. The number of halogens is 2. The number of nitro groups is 1. The van der Waals surface area contributed by atoms with E-state index in [2.05, 4.69) is 20.6 Å². The molecule has 0 spiro atoms. The molecule has 3 heterocycles. The molecule has 0 saturated heterocycles. The largest absolute Gasteiger partial charge is 0.378 e. The van der Waals surface area contributed by atoms with E-state index < -0.39 is 4.92 Å². The third-order valence-corrected chi connectivity index (χ3v) is 5.14. The van der Waals surface area contributed by atoms with E-state index in [0.29, 0.717) is 40.6 Å². The fourth-order valence-electron chi connectivity index (χ4n) is 3.16. The van der Waals surface area contributed by atoms with E-state index in [-0.39, 0.29) is 11.5 Å². The monoisotopic (exact) mass is 472 g/mol. The number of fused-ring (bicyclic) bond motifs is 1. The highest BCUT2D eigenvalue weighted by atomic mass is 35.5. The van der Waals surface area contributed by atoms with Crippen LogP contribution in [0.5, 0.6) is 0 Å². The van der Waals surface area contributed by atoms with Crippen LogP contribution in [0.25, 0.3) is 16.9 Å². The maximum Gasteiger partial charge on any atom is 0.311 e. The van der Waals surface area contributed by atoms with Crippen molar-refractivity contribution >= 4 is 52.1 Å². The predicted octanol–water partition coefficient (Wildman–Crippen LogP) is 4.42. The fraction of sp³-hybridized carbons (Fsp3) is 0.150. The number of nitrogens with zero attached hydrogens (tertiary/aromatic N) is 5. The molecule has 1 aromatic carbocycles. The average Bonchev–Trinajstić information content (AvgIpc) is 3.11. The standard InChI is InChI=1S/C20H18Cl2N8O2/c1-11-10-29-18(26-11)9-15(13-3-2-12(21)8-14(13)22)27-20(29)25-7-6-24-17-5-4-16(30(31)32)19(23)28-17/h2-5,8-10H,6-7H2,1H3,(H,25,27)(H3,23,24,28). The van der Waals surface area contributed by atoms with Crippen LogP contribution in [0, 0.1) is 17.0 Å². The summed E-state index contributed by atoms with van der Waals surface area (Å²) in [6, 6.07) is 9.92. The minimum Gasteiger partial charge on any atom is -0.378 e. The van der Waals surface area contributed by atoms with Gasteiger partial charge in [0.2, 0.25) is 11.8 Å². The van der Waals surface area contributed by atoms with Gasteiger partial charge in [-0.3, -0.25) is 14.5 Å². The highest BCUT2D eigenvalue weighted by molar-refractivity contribution is 6.36. The minimum absolute atomic E-state index is 0.141. The van der Waals surface area contributed by atoms with Gasteiger partial charge >= 0.3 is 5.69 Å². The van der Waals surface area contributed by atoms with Crippen LogP contribution in [-0.2, 0) is 0 Å². The van der Waals surface area contributed by atoms with Gasteiger partial charge in [-0.05, 0) is 31.2 Å². The van der Waals surface area contributed by atoms with E-state index in [9.17, 15) is 10.1 Å². The number of anilines is 3. The lowest BCUT2D eigenvalue weighted by molar-refractivity contribution is -0.384. The topological polar surface area (TPSA) is 136 Å². The van der Waals surface area contributed by atoms with Gasteiger partial charge in [0.15, 0.2) is 0 Å². The molecule has 0 aliphatic rings. The van der Waals surface area contributed by atoms with Crippen LogP contribution in [0.1, 0.15) is 5.69 Å². The number of benzene rings is 1. The first kappa shape index (κ1) is 21.6. The lowest BCUT2D eigenvalue weighted by Crippen LogP contribution is -2.17. The number of rotatable bonds is 7. The van der Waals surface area contributed by atoms with E-state index >= 15 is 0 Å². The van der Waals surface area contributed by atoms with Gasteiger partial charge in [0.25, 0.3) is 0 Å². The molecule has 3 aromatic heterocycles. The molecule has 0 fully saturated rings. The Morgan fingerprint density at radius 2 is 1.88 bits per heavy atom. The van der Waals surface area contributed by atoms with Crippen molar-refractivity contribution < 1.29 is 4.92 Å². The second-order valence-corrected chi connectivity index (χ2v) is 7.75. The Hall–Kier alpha value is -3.63. The van der Waals surface area contributed by atoms with Crippen molar-refractivity contribution in [2.75, 3.05) is 29.5 Å². The zero-order valence-corrected chi connectivity index (χ0v) is 18.4. The molecule has 4 aromatic rings. The quantitative estimate of drug-likeness (QED) is 0.204. The lowest BCUT2D eigenvalue weighted by Gasteiger charge is -2.12. The third-order valence-electron chi connectivity index (χ3n) is 4.59. The number of hydrogen-bond acceptors (Lipinski definition) is 8. The van der Waals surface area contributed by atoms with Crippen molar-refractivity contribution in [2.24, 2.45) is 0 Å². The Morgan fingerprint density at radius 3 is 2.59 bits per heavy atom. The number of imidazole rings is 1. The molecule has 0 amide bonds. The van der Waals surface area contributed by atoms with Gasteiger partial charge in [0.05, 0.1) is 21.3 Å². The van der Waals surface area contributed by atoms with E-state index in [1.165, 1.54) is 12.1 Å². The average molecular weight is 473 g/mol. The summed E-state index contributed by atoms with van der Waals surface area (Å²) in [4.78, 5) is 23.5. The molecule has 32 heavy (non-hydrogen) atoms. The molecule has 0 unspecified atom stereocenters. The van der Waals surface area contributed by atoms with Gasteiger partial charge in [-0.25, -0.2) is 15.0 Å². The first-order valence-electron chi connectivity index (χ1n) is 9.52. The lowest BCUT2D eigenvalue weighted by atomic mass is 10.1. The highest BCUT2D eigenvalue weighted by Crippen LogP contribution is 2.31. The number of nitrogens with two attached hydrogens (primary N) is 1. The second kappa shape index (κ2) is 8.85. The van der Waals surface area contributed by atoms with Gasteiger partial charge in [0.1, 0.15) is 11.5 Å². The van der Waals surface area contributed by atoms with E-state index in [0.717, 1.165) is 16.9 Å². The molecule has 10 nitrogen and oxygen atoms in total. The summed E-state index contributed by atoms with van der Waals surface area (Å²) >= 11 is 12.4. The molecule has 4 N–H and O–H groups in total. The van der Waals surface area contributed by atoms with Crippen LogP contribution < -0.4 is 16.4 Å². The smallest absolute Gasteiger partial charge is 0.311 e. The van der Waals surface area contributed by atoms with Crippen LogP contribution >= 0.6 is 23.2 Å². The molecule has 0 atom stereocenters. The summed E-state index contributed by atoms with van der Waals surface area (Å²) in [7, 11) is 0. The Kier molecular flexibility index (Phi) is 5.97. The van der Waals surface area contributed by atoms with Crippen molar-refractivity contribution in [3.63, 3.8) is 0 Å². The van der Waals surface area contributed by atoms with Gasteiger partial charge in [-0.2, -0.15) is 0 Å². The number of aryl methyl sites for hydroxylation is 1. The molecule has 0 saturated carbocycles. The minimum atomic E-state index is -0.572. The SMILES string of the molecule is Cc1cn2c(NCCNc3ccc([N+](=O)[O-])c(N)n3)nc(-c3ccc(Cl)cc3Cl)cc2n1. The second-order valence-electron chi connectivity index (χ2n) is 6.91. The fourth-order valence-corrected chi connectivity index (χ4v) is 3.66. The number of hydrogen-bond donors (Lipinski definition) is 3. The Labute approximate surface area is 192 Å². The van der Waals surface area contributed by atoms with Crippen LogP contribution in [-0.4, -0.2) is 37.4 Å². The van der Waals surface area contributed by atoms with Crippen LogP contribution in [0.2, 0.25) is 10.0 Å². The normalized spacial score (nSPS) is 11.0. The summed E-state index contributed by atoms with van der Waals surface area (Å²) in [6.45, 7) is 2.85. The zero-order valence-electron chi connectivity index (χ0n) is 16.8. The number of nitrogens with one attached hydrogen (secondary N) is 2. The van der Waals surface area contributed by atoms with Crippen LogP contribution in [0.4, 0.5) is 23.3 Å². The molecular formula is C20H18Cl2N8O2. The van der Waals surface area contributed by atoms with Gasteiger partial charge in [-0.15, -0.1) is 0 Å². The molecule has 12 heteroatoms. The van der Waals surface area contributed by atoms with Crippen molar-refractivity contribution in [1.82, 2.24) is 19.4 Å². The summed E-state index contributed by atoms with van der Waals surface area (Å²) < 4.78 is 1.85. The maximum absolute atomic E-state index is 10.9. The van der Waals surface area contributed by atoms with E-state index in [1.807, 2.05) is 29.7 Å². The summed E-state index contributed by atoms with van der Waals surface area (Å²) in [6.07, 6.45) is 1.88. The van der Waals surface area contributed by atoms with Crippen molar-refractivity contribution in [2.45, 2.75) is 6.92 Å². The molecule has 0 radical (unpaired) electrons. The molecule has 0 aliphatic heterocycles. The summed E-state index contributed by atoms with van der Waals surface area (Å²) in [5.41, 5.74) is 8.36. The molecular weight excluding hydrogens is 455 g/mol. The highest BCUT2D eigenvalue weighted by Gasteiger charge is 2.14. The molecule has 4 rings (SSSR count). The Balaban J connectivity index is 1.52. The van der Waals surface area contributed by atoms with Crippen molar-refractivity contribution in [3.8, 4) is 11.3 Å². The summed E-state index contributed by atoms with van der Waals surface area (Å²) in [5, 5.41) is 18.2. The molecule has 0 aliphatic carbocycles. The first-order chi connectivity index (χ1) is 15.3. The van der Waals surface area contributed by atoms with Crippen LogP contribution in [0.15, 0.2) is 42.6 Å². The van der Waals surface area contributed by atoms with Crippen LogP contribution in [0.3, 0.4) is 0 Å². The Bertz CT molecular complexity index is 1320. The van der Waals surface area contributed by atoms with Crippen molar-refractivity contribution in [1.29, 1.82) is 0 Å². The van der Waals surface area contributed by atoms with Gasteiger partial charge in [-0.1, -0.05) is 23.2 Å². The number of pyridine rings is 1. The summed E-state index contributed by atoms with van der Waals surface area (Å²) in [5.74, 6) is 0.882. The number of nitrogen functional groups attached to an aromatic ring is 1. The van der Waals surface area contributed by atoms with E-state index in [4.69, 9.17) is 33.9 Å². The first-order valence-corrected chi connectivity index (χ1v) is 10.3. The third kappa shape index (κ3) is 4.51. The van der Waals surface area contributed by atoms with E-state index in [1.54, 1.807) is 12.1 Å². The molecule has 0 bridgehead atoms. The van der Waals surface area contributed by atoms with Gasteiger partial charge < -0.3 is 16.4 Å². The predicted molar refractivity (Wildman–Crippen MR) is 125 cm³/mol.